The van der Waals surface area contributed by atoms with Gasteiger partial charge in [-0.25, -0.2) is 0 Å². The van der Waals surface area contributed by atoms with Gasteiger partial charge in [0, 0.05) is 31.1 Å². The minimum Gasteiger partial charge on any atom is -0.426 e. The van der Waals surface area contributed by atoms with Crippen molar-refractivity contribution in [1.29, 1.82) is 0 Å². The van der Waals surface area contributed by atoms with E-state index in [9.17, 15) is 4.79 Å². The van der Waals surface area contributed by atoms with E-state index in [4.69, 9.17) is 9.47 Å². The average molecular weight is 233 g/mol. The van der Waals surface area contributed by atoms with E-state index in [0.717, 1.165) is 22.9 Å². The molecule has 0 aliphatic rings. The average Bonchev–Trinajstić information content (AvgIpc) is 2.70. The van der Waals surface area contributed by atoms with Gasteiger partial charge in [-0.1, -0.05) is 6.07 Å². The van der Waals surface area contributed by atoms with Crippen LogP contribution in [0.5, 0.6) is 5.75 Å². The van der Waals surface area contributed by atoms with Gasteiger partial charge in [-0.2, -0.15) is 0 Å². The number of esters is 1. The number of rotatable bonds is 4. The van der Waals surface area contributed by atoms with Crippen molar-refractivity contribution in [3.63, 3.8) is 0 Å². The fourth-order valence-electron chi connectivity index (χ4n) is 1.87. The lowest BCUT2D eigenvalue weighted by Crippen LogP contribution is -2.02. The normalized spacial score (nSPS) is 10.7. The molecule has 0 saturated heterocycles. The molecule has 0 bridgehead atoms. The van der Waals surface area contributed by atoms with Crippen LogP contribution in [0.3, 0.4) is 0 Å². The Kier molecular flexibility index (Phi) is 3.44. The summed E-state index contributed by atoms with van der Waals surface area (Å²) in [7, 11) is 1.67. The molecule has 2 aromatic rings. The van der Waals surface area contributed by atoms with Gasteiger partial charge in [0.25, 0.3) is 0 Å². The second-order valence-electron chi connectivity index (χ2n) is 3.83. The molecule has 2 rings (SSSR count). The topological polar surface area (TPSA) is 51.3 Å². The van der Waals surface area contributed by atoms with Crippen LogP contribution in [-0.4, -0.2) is 24.7 Å². The van der Waals surface area contributed by atoms with Crippen molar-refractivity contribution in [3.05, 3.63) is 30.0 Å². The number of hydrogen-bond acceptors (Lipinski definition) is 3. The van der Waals surface area contributed by atoms with Crippen molar-refractivity contribution in [1.82, 2.24) is 4.98 Å². The van der Waals surface area contributed by atoms with Crippen LogP contribution in [0.1, 0.15) is 12.5 Å². The zero-order valence-corrected chi connectivity index (χ0v) is 9.95. The molecule has 0 radical (unpaired) electrons. The summed E-state index contributed by atoms with van der Waals surface area (Å²) in [6.45, 7) is 2.04. The Balaban J connectivity index is 2.43. The minimum absolute atomic E-state index is 0.309. The first-order chi connectivity index (χ1) is 8.22. The van der Waals surface area contributed by atoms with Crippen LogP contribution in [0.2, 0.25) is 0 Å². The van der Waals surface area contributed by atoms with Crippen LogP contribution in [-0.2, 0) is 16.0 Å². The largest absolute Gasteiger partial charge is 0.426 e. The smallest absolute Gasteiger partial charge is 0.308 e. The number of carbonyl (C=O) groups is 1. The van der Waals surface area contributed by atoms with E-state index >= 15 is 0 Å². The maximum absolute atomic E-state index is 11.0. The summed E-state index contributed by atoms with van der Waals surface area (Å²) >= 11 is 0. The first kappa shape index (κ1) is 11.7. The summed E-state index contributed by atoms with van der Waals surface area (Å²) < 4.78 is 10.3. The third-order valence-corrected chi connectivity index (χ3v) is 2.58. The Labute approximate surface area is 99.5 Å². The zero-order chi connectivity index (χ0) is 12.3. The Bertz CT molecular complexity index is 530. The predicted octanol–water partition coefficient (Wildman–Crippen LogP) is 2.28. The molecule has 0 aliphatic heterocycles. The van der Waals surface area contributed by atoms with E-state index in [1.807, 2.05) is 18.3 Å². The van der Waals surface area contributed by atoms with Crippen molar-refractivity contribution in [2.75, 3.05) is 13.7 Å². The molecule has 0 aliphatic carbocycles. The Morgan fingerprint density at radius 1 is 1.41 bits per heavy atom. The van der Waals surface area contributed by atoms with Crippen molar-refractivity contribution in [3.8, 4) is 5.75 Å². The van der Waals surface area contributed by atoms with Crippen LogP contribution in [0, 0.1) is 0 Å². The SMILES string of the molecule is COCCc1c[nH]c2cccc(OC(C)=O)c12. The molecular formula is C13H15NO3. The molecule has 4 nitrogen and oxygen atoms in total. The van der Waals surface area contributed by atoms with Gasteiger partial charge in [-0.15, -0.1) is 0 Å². The minimum atomic E-state index is -0.309. The molecule has 1 aromatic carbocycles. The van der Waals surface area contributed by atoms with Gasteiger partial charge in [0.15, 0.2) is 0 Å². The number of methoxy groups -OCH3 is 1. The molecule has 17 heavy (non-hydrogen) atoms. The first-order valence-corrected chi connectivity index (χ1v) is 5.48. The van der Waals surface area contributed by atoms with Gasteiger partial charge in [-0.3, -0.25) is 4.79 Å². The highest BCUT2D eigenvalue weighted by atomic mass is 16.5. The predicted molar refractivity (Wildman–Crippen MR) is 65.2 cm³/mol. The van der Waals surface area contributed by atoms with Gasteiger partial charge < -0.3 is 14.5 Å². The fourth-order valence-corrected chi connectivity index (χ4v) is 1.87. The number of fused-ring (bicyclic) bond motifs is 1. The van der Waals surface area contributed by atoms with Gasteiger partial charge in [0.1, 0.15) is 5.75 Å². The number of benzene rings is 1. The summed E-state index contributed by atoms with van der Waals surface area (Å²) in [5.41, 5.74) is 2.06. The molecule has 0 saturated carbocycles. The number of H-pyrrole nitrogens is 1. The number of nitrogens with one attached hydrogen (secondary N) is 1. The van der Waals surface area contributed by atoms with Crippen molar-refractivity contribution in [2.24, 2.45) is 0 Å². The van der Waals surface area contributed by atoms with Crippen molar-refractivity contribution >= 4 is 16.9 Å². The van der Waals surface area contributed by atoms with Gasteiger partial charge in [0.05, 0.1) is 6.61 Å². The maximum atomic E-state index is 11.0. The second kappa shape index (κ2) is 5.01. The third-order valence-electron chi connectivity index (χ3n) is 2.58. The molecule has 0 unspecified atom stereocenters. The van der Waals surface area contributed by atoms with Crippen molar-refractivity contribution in [2.45, 2.75) is 13.3 Å². The van der Waals surface area contributed by atoms with Crippen LogP contribution in [0.15, 0.2) is 24.4 Å². The molecule has 90 valence electrons. The van der Waals surface area contributed by atoms with Crippen LogP contribution in [0.4, 0.5) is 0 Å². The number of aromatic nitrogens is 1. The standard InChI is InChI=1S/C13H15NO3/c1-9(15)17-12-5-3-4-11-13(12)10(8-14-11)6-7-16-2/h3-5,8,14H,6-7H2,1-2H3. The highest BCUT2D eigenvalue weighted by Gasteiger charge is 2.10. The van der Waals surface area contributed by atoms with Gasteiger partial charge in [-0.05, 0) is 24.1 Å². The maximum Gasteiger partial charge on any atom is 0.308 e. The molecule has 0 amide bonds. The number of aromatic amines is 1. The number of hydrogen-bond donors (Lipinski definition) is 1. The molecule has 1 aromatic heterocycles. The van der Waals surface area contributed by atoms with E-state index in [-0.39, 0.29) is 5.97 Å². The second-order valence-corrected chi connectivity index (χ2v) is 3.83. The molecule has 1 N–H and O–H groups in total. The van der Waals surface area contributed by atoms with E-state index in [0.29, 0.717) is 12.4 Å². The van der Waals surface area contributed by atoms with E-state index in [1.165, 1.54) is 6.92 Å². The molecular weight excluding hydrogens is 218 g/mol. The molecule has 0 fully saturated rings. The zero-order valence-electron chi connectivity index (χ0n) is 9.95. The summed E-state index contributed by atoms with van der Waals surface area (Å²) in [6, 6.07) is 5.61. The quantitative estimate of drug-likeness (QED) is 0.651. The van der Waals surface area contributed by atoms with Crippen LogP contribution >= 0.6 is 0 Å². The Morgan fingerprint density at radius 3 is 2.94 bits per heavy atom. The summed E-state index contributed by atoms with van der Waals surface area (Å²) in [4.78, 5) is 14.2. The summed E-state index contributed by atoms with van der Waals surface area (Å²) in [6.07, 6.45) is 2.71. The summed E-state index contributed by atoms with van der Waals surface area (Å²) in [5, 5.41) is 0.958. The molecule has 4 heteroatoms. The molecule has 0 atom stereocenters. The fraction of sp³-hybridized carbons (Fsp3) is 0.308. The third kappa shape index (κ3) is 2.47. The van der Waals surface area contributed by atoms with Crippen LogP contribution in [0.25, 0.3) is 10.9 Å². The monoisotopic (exact) mass is 233 g/mol. The highest BCUT2D eigenvalue weighted by Crippen LogP contribution is 2.29. The number of ether oxygens (including phenoxy) is 2. The Morgan fingerprint density at radius 2 is 2.24 bits per heavy atom. The van der Waals surface area contributed by atoms with Crippen molar-refractivity contribution < 1.29 is 14.3 Å². The van der Waals surface area contributed by atoms with E-state index in [1.54, 1.807) is 13.2 Å². The van der Waals surface area contributed by atoms with Gasteiger partial charge in [0.2, 0.25) is 0 Å². The summed E-state index contributed by atoms with van der Waals surface area (Å²) in [5.74, 6) is 0.291. The van der Waals surface area contributed by atoms with Crippen LogP contribution < -0.4 is 4.74 Å². The first-order valence-electron chi connectivity index (χ1n) is 5.48. The number of carbonyl (C=O) groups excluding carboxylic acids is 1. The highest BCUT2D eigenvalue weighted by molar-refractivity contribution is 5.91. The van der Waals surface area contributed by atoms with E-state index in [2.05, 4.69) is 4.98 Å². The van der Waals surface area contributed by atoms with E-state index < -0.39 is 0 Å². The van der Waals surface area contributed by atoms with Gasteiger partial charge >= 0.3 is 5.97 Å². The lowest BCUT2D eigenvalue weighted by Gasteiger charge is -2.05. The molecule has 1 heterocycles. The lowest BCUT2D eigenvalue weighted by molar-refractivity contribution is -0.131. The Hall–Kier alpha value is -1.81. The lowest BCUT2D eigenvalue weighted by atomic mass is 10.1. The molecule has 0 spiro atoms.